The van der Waals surface area contributed by atoms with Crippen LogP contribution >= 0.6 is 0 Å². The van der Waals surface area contributed by atoms with Gasteiger partial charge in [-0.05, 0) is 37.1 Å². The lowest BCUT2D eigenvalue weighted by atomic mass is 9.95. The molecule has 0 N–H and O–H groups in total. The summed E-state index contributed by atoms with van der Waals surface area (Å²) in [7, 11) is 1.71. The molecule has 178 valence electrons. The van der Waals surface area contributed by atoms with Crippen LogP contribution in [0, 0.1) is 10.1 Å². The fourth-order valence-corrected chi connectivity index (χ4v) is 4.39. The zero-order valence-electron chi connectivity index (χ0n) is 19.8. The van der Waals surface area contributed by atoms with Gasteiger partial charge in [0.25, 0.3) is 11.6 Å². The molecule has 8 nitrogen and oxygen atoms in total. The number of hydrogen-bond acceptors (Lipinski definition) is 6. The minimum Gasteiger partial charge on any atom is -0.383 e. The van der Waals surface area contributed by atoms with Gasteiger partial charge in [0.15, 0.2) is 0 Å². The Balaban J connectivity index is 1.89. The second-order valence-corrected chi connectivity index (χ2v) is 8.22. The number of amides is 1. The first-order valence-corrected chi connectivity index (χ1v) is 11.6. The van der Waals surface area contributed by atoms with Gasteiger partial charge < -0.3 is 9.64 Å². The molecule has 2 aromatic carbocycles. The number of carbonyl (C=O) groups excluding carboxylic acids is 1. The van der Waals surface area contributed by atoms with Crippen molar-refractivity contribution in [3.05, 3.63) is 75.3 Å². The Labute approximate surface area is 195 Å². The topological polar surface area (TPSA) is 79.2 Å². The van der Waals surface area contributed by atoms with Crippen molar-refractivity contribution in [2.75, 3.05) is 59.5 Å². The summed E-state index contributed by atoms with van der Waals surface area (Å²) in [4.78, 5) is 30.3. The molecular weight excluding hydrogens is 420 g/mol. The SMILES string of the molecule is CCN(CC)C(=O)c1ccc([C@H](c2cccc([N+](=O)[O-])c2)N2CCN(CCOC)CC2)cc1. The molecule has 1 atom stereocenters. The Bertz CT molecular complexity index is 922. The molecule has 1 heterocycles. The van der Waals surface area contributed by atoms with Gasteiger partial charge in [0.2, 0.25) is 0 Å². The van der Waals surface area contributed by atoms with Gasteiger partial charge in [0.1, 0.15) is 0 Å². The molecule has 3 rings (SSSR count). The number of nitrogens with zero attached hydrogens (tertiary/aromatic N) is 4. The number of nitro groups is 1. The molecule has 0 spiro atoms. The van der Waals surface area contributed by atoms with Crippen LogP contribution in [0.5, 0.6) is 0 Å². The average Bonchev–Trinajstić information content (AvgIpc) is 2.85. The van der Waals surface area contributed by atoms with Gasteiger partial charge in [-0.3, -0.25) is 24.7 Å². The van der Waals surface area contributed by atoms with Crippen molar-refractivity contribution < 1.29 is 14.5 Å². The van der Waals surface area contributed by atoms with Crippen LogP contribution in [-0.4, -0.2) is 85.1 Å². The smallest absolute Gasteiger partial charge is 0.269 e. The van der Waals surface area contributed by atoms with E-state index < -0.39 is 0 Å². The number of nitro benzene ring substituents is 1. The molecule has 8 heteroatoms. The largest absolute Gasteiger partial charge is 0.383 e. The quantitative estimate of drug-likeness (QED) is 0.404. The molecule has 2 aromatic rings. The third-order valence-electron chi connectivity index (χ3n) is 6.30. The zero-order valence-corrected chi connectivity index (χ0v) is 19.8. The third kappa shape index (κ3) is 6.16. The van der Waals surface area contributed by atoms with Crippen LogP contribution in [0.1, 0.15) is 41.4 Å². The minimum atomic E-state index is -0.352. The van der Waals surface area contributed by atoms with Crippen molar-refractivity contribution in [3.63, 3.8) is 0 Å². The van der Waals surface area contributed by atoms with E-state index in [-0.39, 0.29) is 22.6 Å². The molecule has 0 aromatic heterocycles. The van der Waals surface area contributed by atoms with E-state index in [0.29, 0.717) is 25.3 Å². The highest BCUT2D eigenvalue weighted by molar-refractivity contribution is 5.94. The summed E-state index contributed by atoms with van der Waals surface area (Å²) in [6.45, 7) is 10.4. The van der Waals surface area contributed by atoms with E-state index in [2.05, 4.69) is 9.80 Å². The lowest BCUT2D eigenvalue weighted by Gasteiger charge is -2.39. The Morgan fingerprint density at radius 2 is 1.73 bits per heavy atom. The molecule has 0 bridgehead atoms. The number of carbonyl (C=O) groups is 1. The van der Waals surface area contributed by atoms with Crippen LogP contribution < -0.4 is 0 Å². The van der Waals surface area contributed by atoms with E-state index in [1.807, 2.05) is 44.2 Å². The van der Waals surface area contributed by atoms with Crippen molar-refractivity contribution in [3.8, 4) is 0 Å². The first kappa shape index (κ1) is 24.8. The molecular formula is C25H34N4O4. The van der Waals surface area contributed by atoms with E-state index in [4.69, 9.17) is 4.74 Å². The van der Waals surface area contributed by atoms with Crippen LogP contribution in [0.15, 0.2) is 48.5 Å². The monoisotopic (exact) mass is 454 g/mol. The number of non-ortho nitro benzene ring substituents is 1. The summed E-state index contributed by atoms with van der Waals surface area (Å²) in [5, 5.41) is 11.4. The van der Waals surface area contributed by atoms with Crippen molar-refractivity contribution in [1.82, 2.24) is 14.7 Å². The van der Waals surface area contributed by atoms with Gasteiger partial charge in [0.05, 0.1) is 17.6 Å². The first-order valence-electron chi connectivity index (χ1n) is 11.6. The Hall–Kier alpha value is -2.81. The van der Waals surface area contributed by atoms with Gasteiger partial charge >= 0.3 is 0 Å². The predicted molar refractivity (Wildman–Crippen MR) is 129 cm³/mol. The highest BCUT2D eigenvalue weighted by Gasteiger charge is 2.27. The average molecular weight is 455 g/mol. The van der Waals surface area contributed by atoms with E-state index in [0.717, 1.165) is 43.9 Å². The maximum Gasteiger partial charge on any atom is 0.269 e. The second kappa shape index (κ2) is 11.9. The highest BCUT2D eigenvalue weighted by Crippen LogP contribution is 2.32. The maximum atomic E-state index is 12.7. The first-order chi connectivity index (χ1) is 16.0. The van der Waals surface area contributed by atoms with Crippen LogP contribution in [0.4, 0.5) is 5.69 Å². The van der Waals surface area contributed by atoms with Gasteiger partial charge in [-0.15, -0.1) is 0 Å². The summed E-state index contributed by atoms with van der Waals surface area (Å²) in [5.74, 6) is 0.0187. The fraction of sp³-hybridized carbons (Fsp3) is 0.480. The molecule has 1 aliphatic rings. The van der Waals surface area contributed by atoms with Crippen LogP contribution in [0.2, 0.25) is 0 Å². The van der Waals surface area contributed by atoms with E-state index in [1.165, 1.54) is 6.07 Å². The number of benzene rings is 2. The third-order valence-corrected chi connectivity index (χ3v) is 6.30. The van der Waals surface area contributed by atoms with Crippen molar-refractivity contribution in [1.29, 1.82) is 0 Å². The molecule has 1 amide bonds. The normalized spacial score (nSPS) is 15.8. The molecule has 0 saturated carbocycles. The summed E-state index contributed by atoms with van der Waals surface area (Å²) in [6, 6.07) is 14.5. The van der Waals surface area contributed by atoms with E-state index in [9.17, 15) is 14.9 Å². The van der Waals surface area contributed by atoms with Crippen molar-refractivity contribution in [2.45, 2.75) is 19.9 Å². The molecule has 0 unspecified atom stereocenters. The number of rotatable bonds is 10. The molecule has 33 heavy (non-hydrogen) atoms. The molecule has 1 aliphatic heterocycles. The predicted octanol–water partition coefficient (Wildman–Crippen LogP) is 3.43. The molecule has 0 radical (unpaired) electrons. The number of hydrogen-bond donors (Lipinski definition) is 0. The molecule has 1 fully saturated rings. The lowest BCUT2D eigenvalue weighted by molar-refractivity contribution is -0.384. The standard InChI is InChI=1S/C25H34N4O4/c1-4-27(5-2)25(30)21-11-9-20(10-12-21)24(22-7-6-8-23(19-22)29(31)32)28-15-13-26(14-16-28)17-18-33-3/h6-12,19,24H,4-5,13-18H2,1-3H3/t24-/m1/s1. The van der Waals surface area contributed by atoms with Crippen LogP contribution in [-0.2, 0) is 4.74 Å². The fourth-order valence-electron chi connectivity index (χ4n) is 4.39. The number of ether oxygens (including phenoxy) is 1. The molecule has 1 saturated heterocycles. The van der Waals surface area contributed by atoms with Gasteiger partial charge in [-0.1, -0.05) is 24.3 Å². The van der Waals surface area contributed by atoms with E-state index in [1.54, 1.807) is 24.1 Å². The Morgan fingerprint density at radius 3 is 2.30 bits per heavy atom. The van der Waals surface area contributed by atoms with Crippen molar-refractivity contribution >= 4 is 11.6 Å². The minimum absolute atomic E-state index is 0.0187. The number of methoxy groups -OCH3 is 1. The van der Waals surface area contributed by atoms with E-state index >= 15 is 0 Å². The summed E-state index contributed by atoms with van der Waals surface area (Å²) in [6.07, 6.45) is 0. The lowest BCUT2D eigenvalue weighted by Crippen LogP contribution is -2.48. The Morgan fingerprint density at radius 1 is 1.06 bits per heavy atom. The van der Waals surface area contributed by atoms with Crippen molar-refractivity contribution in [2.24, 2.45) is 0 Å². The maximum absolute atomic E-state index is 12.7. The second-order valence-electron chi connectivity index (χ2n) is 8.22. The summed E-state index contributed by atoms with van der Waals surface area (Å²) >= 11 is 0. The summed E-state index contributed by atoms with van der Waals surface area (Å²) in [5.41, 5.74) is 2.66. The molecule has 0 aliphatic carbocycles. The van der Waals surface area contributed by atoms with Gasteiger partial charge in [-0.2, -0.15) is 0 Å². The Kier molecular flexibility index (Phi) is 8.94. The van der Waals surface area contributed by atoms with Gasteiger partial charge in [-0.25, -0.2) is 0 Å². The van der Waals surface area contributed by atoms with Crippen LogP contribution in [0.3, 0.4) is 0 Å². The zero-order chi connectivity index (χ0) is 23.8. The van der Waals surface area contributed by atoms with Gasteiger partial charge in [0, 0.05) is 70.6 Å². The number of piperazine rings is 1. The summed E-state index contributed by atoms with van der Waals surface area (Å²) < 4.78 is 5.21. The van der Waals surface area contributed by atoms with Crippen LogP contribution in [0.25, 0.3) is 0 Å². The highest BCUT2D eigenvalue weighted by atomic mass is 16.6.